The Morgan fingerprint density at radius 1 is 1.45 bits per heavy atom. The van der Waals surface area contributed by atoms with Crippen molar-refractivity contribution < 1.29 is 9.47 Å². The maximum absolute atomic E-state index is 5.75. The van der Waals surface area contributed by atoms with E-state index in [0.717, 1.165) is 28.8 Å². The van der Waals surface area contributed by atoms with Gasteiger partial charge in [0.05, 0.1) is 19.8 Å². The molecule has 1 N–H and O–H groups in total. The van der Waals surface area contributed by atoms with Gasteiger partial charge in [0.25, 0.3) is 0 Å². The molecule has 3 atom stereocenters. The molecule has 2 rings (SSSR count). The van der Waals surface area contributed by atoms with Crippen LogP contribution in [0.5, 0.6) is 5.75 Å². The summed E-state index contributed by atoms with van der Waals surface area (Å²) in [4.78, 5) is 0. The fourth-order valence-electron chi connectivity index (χ4n) is 3.22. The molecule has 1 aliphatic heterocycles. The molecule has 0 amide bonds. The van der Waals surface area contributed by atoms with Gasteiger partial charge in [-0.1, -0.05) is 15.9 Å². The lowest BCUT2D eigenvalue weighted by Gasteiger charge is -2.27. The second kappa shape index (κ2) is 6.46. The highest BCUT2D eigenvalue weighted by Gasteiger charge is 2.33. The summed E-state index contributed by atoms with van der Waals surface area (Å²) in [5.41, 5.74) is 3.66. The van der Waals surface area contributed by atoms with Gasteiger partial charge in [-0.2, -0.15) is 0 Å². The van der Waals surface area contributed by atoms with E-state index in [1.807, 2.05) is 7.05 Å². The molecule has 1 saturated heterocycles. The maximum atomic E-state index is 5.75. The summed E-state index contributed by atoms with van der Waals surface area (Å²) in [6, 6.07) is 2.38. The minimum Gasteiger partial charge on any atom is -0.496 e. The van der Waals surface area contributed by atoms with Crippen molar-refractivity contribution in [1.82, 2.24) is 5.32 Å². The van der Waals surface area contributed by atoms with Crippen LogP contribution in [-0.4, -0.2) is 26.9 Å². The van der Waals surface area contributed by atoms with Crippen molar-refractivity contribution >= 4 is 15.9 Å². The van der Waals surface area contributed by atoms with E-state index in [1.54, 1.807) is 7.11 Å². The number of halogens is 1. The Kier molecular flexibility index (Phi) is 5.10. The third-order valence-corrected chi connectivity index (χ3v) is 5.06. The van der Waals surface area contributed by atoms with Crippen LogP contribution < -0.4 is 10.1 Å². The average molecular weight is 342 g/mol. The first kappa shape index (κ1) is 15.8. The molecule has 20 heavy (non-hydrogen) atoms. The van der Waals surface area contributed by atoms with Crippen molar-refractivity contribution in [3.05, 3.63) is 27.2 Å². The van der Waals surface area contributed by atoms with E-state index < -0.39 is 0 Å². The number of rotatable bonds is 4. The molecule has 4 heteroatoms. The maximum Gasteiger partial charge on any atom is 0.126 e. The fraction of sp³-hybridized carbons (Fsp3) is 0.625. The minimum absolute atomic E-state index is 0.256. The molecule has 1 heterocycles. The Bertz CT molecular complexity index is 490. The molecule has 1 aromatic carbocycles. The van der Waals surface area contributed by atoms with Gasteiger partial charge in [-0.05, 0) is 51.4 Å². The number of aryl methyl sites for hydroxylation is 1. The highest BCUT2D eigenvalue weighted by Crippen LogP contribution is 2.41. The lowest BCUT2D eigenvalue weighted by atomic mass is 9.87. The molecule has 0 aromatic heterocycles. The van der Waals surface area contributed by atoms with E-state index in [2.05, 4.69) is 48.1 Å². The zero-order valence-electron chi connectivity index (χ0n) is 12.9. The van der Waals surface area contributed by atoms with Crippen LogP contribution in [0.4, 0.5) is 0 Å². The molecular formula is C16H24BrNO2. The summed E-state index contributed by atoms with van der Waals surface area (Å²) in [5, 5.41) is 3.47. The highest BCUT2D eigenvalue weighted by molar-refractivity contribution is 9.10. The summed E-state index contributed by atoms with van der Waals surface area (Å²) < 4.78 is 12.6. The van der Waals surface area contributed by atoms with Crippen LogP contribution in [0.3, 0.4) is 0 Å². The first-order valence-corrected chi connectivity index (χ1v) is 7.91. The molecular weight excluding hydrogens is 318 g/mol. The molecule has 112 valence electrons. The van der Waals surface area contributed by atoms with Gasteiger partial charge in [0.1, 0.15) is 5.75 Å². The Morgan fingerprint density at radius 3 is 2.65 bits per heavy atom. The second-order valence-corrected chi connectivity index (χ2v) is 6.51. The van der Waals surface area contributed by atoms with Crippen LogP contribution in [0.1, 0.15) is 36.1 Å². The summed E-state index contributed by atoms with van der Waals surface area (Å²) in [6.07, 6.45) is 1.43. The van der Waals surface area contributed by atoms with E-state index in [0.29, 0.717) is 12.0 Å². The van der Waals surface area contributed by atoms with Gasteiger partial charge >= 0.3 is 0 Å². The number of ether oxygens (including phenoxy) is 2. The van der Waals surface area contributed by atoms with Crippen molar-refractivity contribution in [2.75, 3.05) is 20.8 Å². The minimum atomic E-state index is 0.256. The number of benzene rings is 1. The topological polar surface area (TPSA) is 30.5 Å². The molecule has 1 fully saturated rings. The smallest absolute Gasteiger partial charge is 0.126 e. The zero-order valence-corrected chi connectivity index (χ0v) is 14.5. The Labute approximate surface area is 130 Å². The van der Waals surface area contributed by atoms with Crippen LogP contribution in [-0.2, 0) is 4.74 Å². The van der Waals surface area contributed by atoms with Crippen molar-refractivity contribution in [2.45, 2.75) is 39.3 Å². The lowest BCUT2D eigenvalue weighted by Crippen LogP contribution is -2.27. The van der Waals surface area contributed by atoms with Crippen molar-refractivity contribution in [3.8, 4) is 5.75 Å². The van der Waals surface area contributed by atoms with Gasteiger partial charge in [-0.25, -0.2) is 0 Å². The number of nitrogens with one attached hydrogen (secondary N) is 1. The fourth-order valence-corrected chi connectivity index (χ4v) is 3.78. The predicted molar refractivity (Wildman–Crippen MR) is 85.5 cm³/mol. The quantitative estimate of drug-likeness (QED) is 0.904. The molecule has 3 nitrogen and oxygen atoms in total. The predicted octanol–water partition coefficient (Wildman–Crippen LogP) is 3.76. The van der Waals surface area contributed by atoms with Crippen molar-refractivity contribution in [3.63, 3.8) is 0 Å². The molecule has 0 saturated carbocycles. The Balaban J connectivity index is 2.48. The van der Waals surface area contributed by atoms with Crippen LogP contribution >= 0.6 is 15.9 Å². The van der Waals surface area contributed by atoms with Gasteiger partial charge in [-0.3, -0.25) is 0 Å². The molecule has 3 unspecified atom stereocenters. The summed E-state index contributed by atoms with van der Waals surface area (Å²) in [5.74, 6) is 1.47. The lowest BCUT2D eigenvalue weighted by molar-refractivity contribution is 0.117. The Hall–Kier alpha value is -0.580. The van der Waals surface area contributed by atoms with Gasteiger partial charge in [0.2, 0.25) is 0 Å². The van der Waals surface area contributed by atoms with Gasteiger partial charge < -0.3 is 14.8 Å². The molecule has 0 radical (unpaired) electrons. The van der Waals surface area contributed by atoms with Crippen molar-refractivity contribution in [1.29, 1.82) is 0 Å². The number of hydrogen-bond donors (Lipinski definition) is 1. The molecule has 1 aliphatic rings. The van der Waals surface area contributed by atoms with Crippen LogP contribution in [0.15, 0.2) is 10.5 Å². The Morgan fingerprint density at radius 2 is 2.15 bits per heavy atom. The molecule has 0 aliphatic carbocycles. The molecule has 0 bridgehead atoms. The standard InChI is InChI=1S/C16H24BrNO2/c1-9-6-13(17)11(3)14(16(9)19-5)15(18-4)12-7-10(2)20-8-12/h6,10,12,15,18H,7-8H2,1-5H3. The summed E-state index contributed by atoms with van der Waals surface area (Å²) in [6.45, 7) is 7.18. The van der Waals surface area contributed by atoms with E-state index in [1.165, 1.54) is 11.1 Å². The third kappa shape index (κ3) is 2.87. The largest absolute Gasteiger partial charge is 0.496 e. The van der Waals surface area contributed by atoms with Crippen molar-refractivity contribution in [2.24, 2.45) is 5.92 Å². The highest BCUT2D eigenvalue weighted by atomic mass is 79.9. The number of methoxy groups -OCH3 is 1. The zero-order chi connectivity index (χ0) is 14.9. The van der Waals surface area contributed by atoms with Gasteiger partial charge in [-0.15, -0.1) is 0 Å². The van der Waals surface area contributed by atoms with E-state index in [-0.39, 0.29) is 6.04 Å². The van der Waals surface area contributed by atoms with E-state index in [4.69, 9.17) is 9.47 Å². The molecule has 1 aromatic rings. The first-order valence-electron chi connectivity index (χ1n) is 7.12. The monoisotopic (exact) mass is 341 g/mol. The third-order valence-electron chi connectivity index (χ3n) is 4.24. The average Bonchev–Trinajstić information content (AvgIpc) is 2.83. The first-order chi connectivity index (χ1) is 9.49. The second-order valence-electron chi connectivity index (χ2n) is 5.65. The van der Waals surface area contributed by atoms with Crippen LogP contribution in [0.2, 0.25) is 0 Å². The van der Waals surface area contributed by atoms with Gasteiger partial charge in [0.15, 0.2) is 0 Å². The van der Waals surface area contributed by atoms with E-state index in [9.17, 15) is 0 Å². The normalized spacial score (nSPS) is 23.9. The summed E-state index contributed by atoms with van der Waals surface area (Å²) >= 11 is 3.66. The van der Waals surface area contributed by atoms with Crippen LogP contribution in [0.25, 0.3) is 0 Å². The van der Waals surface area contributed by atoms with Crippen LogP contribution in [0, 0.1) is 19.8 Å². The SMILES string of the molecule is CNC(c1c(C)c(Br)cc(C)c1OC)C1COC(C)C1. The summed E-state index contributed by atoms with van der Waals surface area (Å²) in [7, 11) is 3.77. The number of hydrogen-bond acceptors (Lipinski definition) is 3. The molecule has 0 spiro atoms. The van der Waals surface area contributed by atoms with Gasteiger partial charge in [0, 0.05) is 22.0 Å². The van der Waals surface area contributed by atoms with E-state index >= 15 is 0 Å².